The summed E-state index contributed by atoms with van der Waals surface area (Å²) in [6.07, 6.45) is 0. The van der Waals surface area contributed by atoms with Gasteiger partial charge in [0, 0.05) is 0 Å². The molecule has 0 bridgehead atoms. The second-order valence-electron chi connectivity index (χ2n) is 0. The first-order valence-electron chi connectivity index (χ1n) is 0. The van der Waals surface area contributed by atoms with Crippen LogP contribution in [0.15, 0.2) is 0 Å². The molecule has 0 aromatic rings. The molecule has 0 rings (SSSR count). The number of halogens is 4. The van der Waals surface area contributed by atoms with Crippen molar-refractivity contribution in [3.05, 3.63) is 0 Å². The van der Waals surface area contributed by atoms with E-state index in [0.29, 0.717) is 0 Å². The number of hydrogen-bond donors (Lipinski definition) is 0. The molecule has 0 aliphatic carbocycles. The van der Waals surface area contributed by atoms with E-state index in [2.05, 4.69) is 0 Å². The Morgan fingerprint density at radius 1 is 0.333 bits per heavy atom. The van der Waals surface area contributed by atoms with Gasteiger partial charge in [0.15, 0.2) is 0 Å². The van der Waals surface area contributed by atoms with E-state index in [9.17, 15) is 0 Å². The maximum absolute atomic E-state index is 0. The second-order valence-corrected chi connectivity index (χ2v) is 0. The number of rotatable bonds is 0. The third-order valence-electron chi connectivity index (χ3n) is 0. The Kier molecular flexibility index (Phi) is 2890. The molecule has 6 heavy (non-hydrogen) atoms. The van der Waals surface area contributed by atoms with Crippen molar-refractivity contribution in [1.29, 1.82) is 0 Å². The van der Waals surface area contributed by atoms with Gasteiger partial charge in [-0.1, -0.05) is 0 Å². The van der Waals surface area contributed by atoms with Crippen LogP contribution in [0.1, 0.15) is 0 Å². The van der Waals surface area contributed by atoms with Crippen LogP contribution in [-0.4, -0.2) is 47.8 Å². The van der Waals surface area contributed by atoms with Gasteiger partial charge in [0.1, 0.15) is 0 Å². The molecule has 6 heteroatoms. The molecule has 0 unspecified atom stereocenters. The molecule has 0 N–H and O–H groups in total. The van der Waals surface area contributed by atoms with Crippen molar-refractivity contribution >= 4 is 47.8 Å². The van der Waals surface area contributed by atoms with Crippen LogP contribution in [-0.2, 0) is 0 Å². The van der Waals surface area contributed by atoms with Gasteiger partial charge in [-0.05, 0) is 0 Å². The molecule has 0 radical (unpaired) electrons. The van der Waals surface area contributed by atoms with E-state index in [1.165, 1.54) is 0 Å². The van der Waals surface area contributed by atoms with Crippen molar-refractivity contribution in [2.24, 2.45) is 0 Å². The Labute approximate surface area is 66.4 Å². The van der Waals surface area contributed by atoms with Crippen LogP contribution >= 0.6 is 0 Å². The summed E-state index contributed by atoms with van der Waals surface area (Å²) in [6, 6.07) is 0. The van der Waals surface area contributed by atoms with E-state index in [4.69, 9.17) is 0 Å². The predicted molar refractivity (Wildman–Crippen MR) is 17.1 cm³/mol. The van der Waals surface area contributed by atoms with Crippen LogP contribution in [0.3, 0.4) is 0 Å². The standard InChI is InChI=1S/4FH.2Sn.4H/h4*1H;;;;;;/q;;;;2*+2;;;;/p-4. The summed E-state index contributed by atoms with van der Waals surface area (Å²) in [5.41, 5.74) is 0. The molecule has 0 saturated carbocycles. The van der Waals surface area contributed by atoms with E-state index in [1.807, 2.05) is 0 Å². The van der Waals surface area contributed by atoms with Gasteiger partial charge in [0.25, 0.3) is 0 Å². The quantitative estimate of drug-likeness (QED) is 0.308. The first-order valence-corrected chi connectivity index (χ1v) is 0. The molecular weight excluding hydrogens is 313 g/mol. The van der Waals surface area contributed by atoms with Crippen molar-refractivity contribution in [3.8, 4) is 0 Å². The molecule has 40 valence electrons. The minimum absolute atomic E-state index is 0. The predicted octanol–water partition coefficient (Wildman–Crippen LogP) is -13.8. The van der Waals surface area contributed by atoms with Crippen molar-refractivity contribution in [3.63, 3.8) is 0 Å². The van der Waals surface area contributed by atoms with E-state index < -0.39 is 0 Å². The Bertz CT molecular complexity index is 5.51. The fraction of sp³-hybridized carbons (Fsp3) is 0. The summed E-state index contributed by atoms with van der Waals surface area (Å²) in [4.78, 5) is 0. The molecule has 0 atom stereocenters. The fourth-order valence-corrected chi connectivity index (χ4v) is 0. The Morgan fingerprint density at radius 2 is 0.333 bits per heavy atom. The zero-order chi connectivity index (χ0) is 0. The van der Waals surface area contributed by atoms with Crippen LogP contribution in [0.2, 0.25) is 0 Å². The van der Waals surface area contributed by atoms with Gasteiger partial charge in [-0.2, -0.15) is 0 Å². The third kappa shape index (κ3) is 57.1. The molecule has 0 saturated heterocycles. The second kappa shape index (κ2) is 103. The first kappa shape index (κ1) is 168. The van der Waals surface area contributed by atoms with E-state index in [1.54, 1.807) is 0 Å². The van der Waals surface area contributed by atoms with Crippen LogP contribution in [0, 0.1) is 0 Å². The van der Waals surface area contributed by atoms with E-state index >= 15 is 0 Å². The summed E-state index contributed by atoms with van der Waals surface area (Å²) in [6.45, 7) is 0. The van der Waals surface area contributed by atoms with Crippen molar-refractivity contribution in [2.75, 3.05) is 0 Å². The zero-order valence-electron chi connectivity index (χ0n) is 2.93. The first-order chi connectivity index (χ1) is 0. The van der Waals surface area contributed by atoms with Crippen molar-refractivity contribution in [2.45, 2.75) is 0 Å². The molecule has 0 amide bonds. The molecule has 0 aromatic carbocycles. The number of hydrogen-bond acceptors (Lipinski definition) is 0. The summed E-state index contributed by atoms with van der Waals surface area (Å²) in [5.74, 6) is 0. The van der Waals surface area contributed by atoms with Gasteiger partial charge in [-0.3, -0.25) is 0 Å². The maximum atomic E-state index is 0. The van der Waals surface area contributed by atoms with Crippen molar-refractivity contribution in [1.82, 2.24) is 0 Å². The van der Waals surface area contributed by atoms with Crippen LogP contribution in [0.4, 0.5) is 0 Å². The monoisotopic (exact) mass is 320 g/mol. The minimum atomic E-state index is 0. The van der Waals surface area contributed by atoms with E-state index in [-0.39, 0.29) is 66.6 Å². The van der Waals surface area contributed by atoms with Gasteiger partial charge < -0.3 is 18.8 Å². The molecule has 0 fully saturated rings. The van der Waals surface area contributed by atoms with Crippen LogP contribution in [0.5, 0.6) is 0 Å². The molecule has 0 heterocycles. The molecule has 0 aliphatic heterocycles. The topological polar surface area (TPSA) is 0 Å². The van der Waals surface area contributed by atoms with Gasteiger partial charge in [0.2, 0.25) is 0 Å². The molecule has 0 aliphatic rings. The summed E-state index contributed by atoms with van der Waals surface area (Å²) in [5, 5.41) is 0. The molecule has 0 spiro atoms. The third-order valence-corrected chi connectivity index (χ3v) is 0. The summed E-state index contributed by atoms with van der Waals surface area (Å²) in [7, 11) is 0. The molecular formula is H4F4Sn2. The van der Waals surface area contributed by atoms with Crippen LogP contribution in [0.25, 0.3) is 0 Å². The SMILES string of the molecule is [F-].[F-].[F-].[F-].[SnH2+2].[SnH2+2]. The van der Waals surface area contributed by atoms with Crippen LogP contribution < -0.4 is 18.8 Å². The van der Waals surface area contributed by atoms with Gasteiger partial charge in [-0.15, -0.1) is 0 Å². The van der Waals surface area contributed by atoms with Gasteiger partial charge in [-0.25, -0.2) is 0 Å². The summed E-state index contributed by atoms with van der Waals surface area (Å²) >= 11 is 0. The van der Waals surface area contributed by atoms with Crippen molar-refractivity contribution < 1.29 is 18.8 Å². The zero-order valence-corrected chi connectivity index (χ0v) is 11.0. The van der Waals surface area contributed by atoms with Gasteiger partial charge in [0.05, 0.1) is 0 Å². The Hall–Kier alpha value is 1.32. The average molecular weight is 317 g/mol. The Morgan fingerprint density at radius 3 is 0.333 bits per heavy atom. The Balaban J connectivity index is 0. The fourth-order valence-electron chi connectivity index (χ4n) is 0. The normalized spacial score (nSPS) is 0. The summed E-state index contributed by atoms with van der Waals surface area (Å²) < 4.78 is 0. The van der Waals surface area contributed by atoms with Gasteiger partial charge >= 0.3 is 47.8 Å². The molecule has 0 aromatic heterocycles. The average Bonchev–Trinajstić information content (AvgIpc) is 0. The van der Waals surface area contributed by atoms with E-state index in [0.717, 1.165) is 0 Å². The molecule has 0 nitrogen and oxygen atoms in total.